The molecular weight excluding hydrogens is 368 g/mol. The van der Waals surface area contributed by atoms with Crippen LogP contribution in [0.25, 0.3) is 0 Å². The van der Waals surface area contributed by atoms with Crippen LogP contribution in [0.4, 0.5) is 0 Å². The van der Waals surface area contributed by atoms with Crippen molar-refractivity contribution >= 4 is 14.0 Å². The zero-order valence-electron chi connectivity index (χ0n) is 16.8. The molecule has 0 N–H and O–H groups in total. The highest BCUT2D eigenvalue weighted by atomic mass is 28.3. The molecule has 0 spiro atoms. The summed E-state index contributed by atoms with van der Waals surface area (Å²) >= 11 is 0. The quantitative estimate of drug-likeness (QED) is 0.665. The summed E-state index contributed by atoms with van der Waals surface area (Å²) in [6, 6.07) is 13.8. The third kappa shape index (κ3) is 3.15. The van der Waals surface area contributed by atoms with Gasteiger partial charge in [-0.3, -0.25) is 4.79 Å². The lowest BCUT2D eigenvalue weighted by molar-refractivity contribution is -0.134. The maximum atomic E-state index is 13.2. The van der Waals surface area contributed by atoms with Crippen molar-refractivity contribution in [2.24, 2.45) is 0 Å². The average molecular weight is 395 g/mol. The maximum Gasteiger partial charge on any atom is 0.242 e. The number of hydrogen-bond donors (Lipinski definition) is 0. The largest absolute Gasteiger partial charge is 0.467 e. The van der Waals surface area contributed by atoms with Gasteiger partial charge < -0.3 is 9.15 Å². The van der Waals surface area contributed by atoms with Crippen LogP contribution in [-0.2, 0) is 9.53 Å². The highest BCUT2D eigenvalue weighted by Gasteiger charge is 2.54. The van der Waals surface area contributed by atoms with E-state index in [0.29, 0.717) is 13.0 Å². The summed E-state index contributed by atoms with van der Waals surface area (Å²) in [5.41, 5.74) is 2.05. The van der Waals surface area contributed by atoms with Crippen LogP contribution in [0.15, 0.2) is 64.0 Å². The van der Waals surface area contributed by atoms with Gasteiger partial charge in [0.15, 0.2) is 6.61 Å². The minimum absolute atomic E-state index is 0.0453. The number of fused-ring (bicyclic) bond motifs is 1. The Morgan fingerprint density at radius 1 is 1.18 bits per heavy atom. The summed E-state index contributed by atoms with van der Waals surface area (Å²) in [7, 11) is -1.89. The Bertz CT molecular complexity index is 871. The first-order chi connectivity index (χ1) is 13.4. The van der Waals surface area contributed by atoms with E-state index in [1.165, 1.54) is 0 Å². The van der Waals surface area contributed by atoms with Crippen LogP contribution in [-0.4, -0.2) is 30.6 Å². The summed E-state index contributed by atoms with van der Waals surface area (Å²) in [6.45, 7) is 12.4. The van der Waals surface area contributed by atoms with E-state index in [2.05, 4.69) is 43.4 Å². The van der Waals surface area contributed by atoms with E-state index in [0.717, 1.165) is 22.2 Å². The van der Waals surface area contributed by atoms with Crippen molar-refractivity contribution in [2.75, 3.05) is 6.61 Å². The molecule has 2 aliphatic rings. The molecule has 3 heterocycles. The molecule has 5 nitrogen and oxygen atoms in total. The predicted molar refractivity (Wildman–Crippen MR) is 109 cm³/mol. The molecule has 28 heavy (non-hydrogen) atoms. The lowest BCUT2D eigenvalue weighted by Gasteiger charge is -2.33. The fourth-order valence-electron chi connectivity index (χ4n) is 4.17. The number of hydrogen-bond acceptors (Lipinski definition) is 4. The van der Waals surface area contributed by atoms with Gasteiger partial charge in [0.05, 0.1) is 18.7 Å². The van der Waals surface area contributed by atoms with Crippen LogP contribution in [0.2, 0.25) is 19.6 Å². The number of carbonyl (C=O) groups excluding carboxylic acids is 1. The number of nitrogens with zero attached hydrogens (tertiary/aromatic N) is 2. The summed E-state index contributed by atoms with van der Waals surface area (Å²) in [5.74, 6) is 0.923. The number of furan rings is 1. The van der Waals surface area contributed by atoms with Gasteiger partial charge in [-0.05, 0) is 24.6 Å². The van der Waals surface area contributed by atoms with Crippen LogP contribution >= 0.6 is 0 Å². The molecule has 2 atom stereocenters. The summed E-state index contributed by atoms with van der Waals surface area (Å²) < 4.78 is 11.4. The lowest BCUT2D eigenvalue weighted by atomic mass is 9.99. The number of carbonyl (C=O) groups is 1. The standard InChI is InChI=1S/C22H26N2O3Si/c1-5-26-15-17-21(19-12-9-13-27-19)23-18(16-10-7-6-8-11-16)14-20(25)24(23)22(17)28(2,3)4/h6-13,18,21H,5,14H2,1-4H3/t18-,21+/m1/s1. The highest BCUT2D eigenvalue weighted by molar-refractivity contribution is 6.83. The molecule has 2 aromatic rings. The van der Waals surface area contributed by atoms with Crippen molar-refractivity contribution in [3.63, 3.8) is 0 Å². The molecule has 1 saturated heterocycles. The number of rotatable bonds is 6. The second-order valence-corrected chi connectivity index (χ2v) is 13.2. The zero-order valence-corrected chi connectivity index (χ0v) is 17.8. The lowest BCUT2D eigenvalue weighted by Crippen LogP contribution is -2.42. The Hall–Kier alpha value is -2.15. The first-order valence-corrected chi connectivity index (χ1v) is 13.3. The molecule has 0 aliphatic carbocycles. The Labute approximate surface area is 167 Å². The summed E-state index contributed by atoms with van der Waals surface area (Å²) in [6.07, 6.45) is 2.14. The van der Waals surface area contributed by atoms with Crippen LogP contribution < -0.4 is 0 Å². The van der Waals surface area contributed by atoms with Gasteiger partial charge in [0.25, 0.3) is 0 Å². The van der Waals surface area contributed by atoms with Crippen molar-refractivity contribution in [3.05, 3.63) is 77.6 Å². The van der Waals surface area contributed by atoms with Crippen molar-refractivity contribution in [2.45, 2.75) is 45.1 Å². The van der Waals surface area contributed by atoms with Crippen LogP contribution in [0.3, 0.4) is 0 Å². The van der Waals surface area contributed by atoms with Gasteiger partial charge in [-0.2, -0.15) is 5.01 Å². The van der Waals surface area contributed by atoms with Crippen molar-refractivity contribution < 1.29 is 13.9 Å². The molecule has 1 aromatic heterocycles. The molecule has 0 bridgehead atoms. The smallest absolute Gasteiger partial charge is 0.242 e. The highest BCUT2D eigenvalue weighted by Crippen LogP contribution is 2.52. The molecule has 1 amide bonds. The Kier molecular flexibility index (Phi) is 5.03. The van der Waals surface area contributed by atoms with Crippen LogP contribution in [0.1, 0.15) is 36.8 Å². The van der Waals surface area contributed by atoms with Crippen molar-refractivity contribution in [3.8, 4) is 0 Å². The Balaban J connectivity index is 1.87. The molecule has 1 fully saturated rings. The fraction of sp³-hybridized carbons (Fsp3) is 0.364. The molecule has 146 valence electrons. The molecule has 6 heteroatoms. The monoisotopic (exact) mass is 394 g/mol. The van der Waals surface area contributed by atoms with Gasteiger partial charge >= 0.3 is 0 Å². The van der Waals surface area contributed by atoms with Gasteiger partial charge in [-0.15, -0.1) is 0 Å². The minimum atomic E-state index is -1.89. The molecule has 0 unspecified atom stereocenters. The Morgan fingerprint density at radius 3 is 2.54 bits per heavy atom. The van der Waals surface area contributed by atoms with Crippen LogP contribution in [0.5, 0.6) is 0 Å². The fourth-order valence-corrected chi connectivity index (χ4v) is 6.04. The second-order valence-electron chi connectivity index (χ2n) is 8.18. The summed E-state index contributed by atoms with van der Waals surface area (Å²) in [4.78, 5) is 13.2. The average Bonchev–Trinajstić information content (AvgIpc) is 3.36. The minimum Gasteiger partial charge on any atom is -0.467 e. The van der Waals surface area contributed by atoms with Crippen molar-refractivity contribution in [1.29, 1.82) is 0 Å². The second kappa shape index (κ2) is 7.35. The maximum absolute atomic E-state index is 13.2. The van der Waals surface area contributed by atoms with E-state index in [9.17, 15) is 4.79 Å². The van der Waals surface area contributed by atoms with Gasteiger partial charge in [0.2, 0.25) is 5.91 Å². The molecule has 1 aromatic carbocycles. The summed E-state index contributed by atoms with van der Waals surface area (Å²) in [5, 5.41) is 5.13. The number of hydrazine groups is 1. The molecular formula is C22H26N2O3Si. The molecule has 2 radical (unpaired) electrons. The number of ether oxygens (including phenoxy) is 1. The molecule has 4 rings (SSSR count). The number of benzene rings is 1. The van der Waals surface area contributed by atoms with E-state index in [1.54, 1.807) is 6.26 Å². The Morgan fingerprint density at radius 2 is 1.93 bits per heavy atom. The predicted octanol–water partition coefficient (Wildman–Crippen LogP) is 4.73. The third-order valence-electron chi connectivity index (χ3n) is 5.19. The van der Waals surface area contributed by atoms with E-state index in [4.69, 9.17) is 9.15 Å². The zero-order chi connectivity index (χ0) is 19.9. The topological polar surface area (TPSA) is 45.9 Å². The van der Waals surface area contributed by atoms with E-state index in [-0.39, 0.29) is 18.0 Å². The van der Waals surface area contributed by atoms with Crippen molar-refractivity contribution in [1.82, 2.24) is 10.0 Å². The van der Waals surface area contributed by atoms with Gasteiger partial charge in [-0.1, -0.05) is 50.0 Å². The van der Waals surface area contributed by atoms with Crippen LogP contribution in [0, 0.1) is 6.61 Å². The first-order valence-electron chi connectivity index (χ1n) is 9.75. The van der Waals surface area contributed by atoms with E-state index < -0.39 is 8.07 Å². The molecule has 2 aliphatic heterocycles. The van der Waals surface area contributed by atoms with E-state index >= 15 is 0 Å². The first kappa shape index (κ1) is 19.2. The third-order valence-corrected chi connectivity index (χ3v) is 7.10. The van der Waals surface area contributed by atoms with E-state index in [1.807, 2.05) is 42.3 Å². The number of amides is 1. The SMILES string of the molecule is CCO[C]C1=C([Si](C)(C)C)N2C(=O)C[C@H](c3ccccc3)N2[C@@H]1c1ccco1. The van der Waals surface area contributed by atoms with Gasteiger partial charge in [0, 0.05) is 17.5 Å². The van der Waals surface area contributed by atoms with Gasteiger partial charge in [-0.25, -0.2) is 5.01 Å². The van der Waals surface area contributed by atoms with Gasteiger partial charge in [0.1, 0.15) is 19.9 Å². The molecule has 0 saturated carbocycles. The normalized spacial score (nSPS) is 23.0.